The number of nitrogens with one attached hydrogen (secondary N) is 1. The van der Waals surface area contributed by atoms with E-state index in [0.29, 0.717) is 6.42 Å². The number of carbonyl (C=O) groups is 2. The molecule has 2 atom stereocenters. The predicted molar refractivity (Wildman–Crippen MR) is 64.4 cm³/mol. The van der Waals surface area contributed by atoms with E-state index in [4.69, 9.17) is 0 Å². The molecule has 2 bridgehead atoms. The maximum Gasteiger partial charge on any atom is 0.342 e. The number of hydrogen-bond donors (Lipinski definition) is 1. The van der Waals surface area contributed by atoms with Crippen LogP contribution in [0.3, 0.4) is 0 Å². The van der Waals surface area contributed by atoms with Gasteiger partial charge in [-0.25, -0.2) is 15.2 Å². The molecular formula is C13H17N3O2. The van der Waals surface area contributed by atoms with Gasteiger partial charge in [-0.3, -0.25) is 9.69 Å². The number of rotatable bonds is 1. The second-order valence-corrected chi connectivity index (χ2v) is 5.81. The van der Waals surface area contributed by atoms with Crippen LogP contribution >= 0.6 is 0 Å². The van der Waals surface area contributed by atoms with Gasteiger partial charge in [0, 0.05) is 18.5 Å². The number of urea groups is 1. The van der Waals surface area contributed by atoms with Gasteiger partial charge in [0.2, 0.25) is 0 Å². The molecule has 0 aromatic heterocycles. The van der Waals surface area contributed by atoms with Crippen LogP contribution in [0.5, 0.6) is 0 Å². The van der Waals surface area contributed by atoms with Crippen LogP contribution in [-0.2, 0) is 4.79 Å². The molecule has 3 fully saturated rings. The molecule has 2 saturated heterocycles. The van der Waals surface area contributed by atoms with Crippen LogP contribution in [-0.4, -0.2) is 39.5 Å². The van der Waals surface area contributed by atoms with Crippen LogP contribution in [0, 0.1) is 0 Å². The molecule has 96 valence electrons. The fraction of sp³-hybridized carbons (Fsp3) is 0.692. The Labute approximate surface area is 106 Å². The summed E-state index contributed by atoms with van der Waals surface area (Å²) in [4.78, 5) is 26.6. The maximum atomic E-state index is 12.6. The molecule has 5 nitrogen and oxygen atoms in total. The molecule has 2 aliphatic heterocycles. The van der Waals surface area contributed by atoms with Gasteiger partial charge in [-0.2, -0.15) is 0 Å². The topological polar surface area (TPSA) is 52.7 Å². The van der Waals surface area contributed by atoms with Crippen LogP contribution < -0.4 is 5.43 Å². The molecule has 2 unspecified atom stereocenters. The highest BCUT2D eigenvalue weighted by Crippen LogP contribution is 2.43. The predicted octanol–water partition coefficient (Wildman–Crippen LogP) is 1.17. The van der Waals surface area contributed by atoms with Crippen LogP contribution in [0.1, 0.15) is 38.5 Å². The summed E-state index contributed by atoms with van der Waals surface area (Å²) >= 11 is 0. The molecule has 5 heteroatoms. The molecule has 3 amide bonds. The average molecular weight is 247 g/mol. The minimum atomic E-state index is -0.695. The summed E-state index contributed by atoms with van der Waals surface area (Å²) < 4.78 is 0. The largest absolute Gasteiger partial charge is 0.342 e. The van der Waals surface area contributed by atoms with E-state index in [0.717, 1.165) is 25.7 Å². The van der Waals surface area contributed by atoms with Gasteiger partial charge in [0.25, 0.3) is 5.91 Å². The smallest absolute Gasteiger partial charge is 0.271 e. The monoisotopic (exact) mass is 247 g/mol. The van der Waals surface area contributed by atoms with Gasteiger partial charge in [0.05, 0.1) is 0 Å². The molecule has 0 aromatic rings. The van der Waals surface area contributed by atoms with Crippen molar-refractivity contribution in [3.63, 3.8) is 0 Å². The Morgan fingerprint density at radius 3 is 2.67 bits per heavy atom. The van der Waals surface area contributed by atoms with E-state index in [1.807, 2.05) is 12.2 Å². The number of imide groups is 1. The summed E-state index contributed by atoms with van der Waals surface area (Å²) in [6.45, 7) is 0. The normalized spacial score (nSPS) is 39.0. The molecule has 0 aromatic carbocycles. The van der Waals surface area contributed by atoms with Crippen LogP contribution in [0.2, 0.25) is 0 Å². The Morgan fingerprint density at radius 2 is 2.00 bits per heavy atom. The molecule has 4 rings (SSSR count). The SMILES string of the molecule is O=C1N(C2CCCCC2)C(=O)C23C=CC(C2)NN13. The van der Waals surface area contributed by atoms with Crippen LogP contribution in [0.4, 0.5) is 4.79 Å². The fourth-order valence-corrected chi connectivity index (χ4v) is 3.83. The standard InChI is InChI=1S/C13H17N3O2/c17-11-13-7-6-9(8-13)14-16(13)12(18)15(11)10-4-2-1-3-5-10/h6-7,9-10,14H,1-5,8H2. The summed E-state index contributed by atoms with van der Waals surface area (Å²) in [5, 5.41) is 1.56. The van der Waals surface area contributed by atoms with Gasteiger partial charge in [0.15, 0.2) is 5.54 Å². The molecule has 2 heterocycles. The highest BCUT2D eigenvalue weighted by molar-refractivity contribution is 6.09. The van der Waals surface area contributed by atoms with Gasteiger partial charge in [-0.1, -0.05) is 31.4 Å². The van der Waals surface area contributed by atoms with E-state index in [2.05, 4.69) is 5.43 Å². The van der Waals surface area contributed by atoms with E-state index in [-0.39, 0.29) is 24.0 Å². The first kappa shape index (κ1) is 10.6. The Balaban J connectivity index is 1.68. The minimum Gasteiger partial charge on any atom is -0.271 e. The number of carbonyl (C=O) groups excluding carboxylic acids is 2. The van der Waals surface area contributed by atoms with E-state index in [1.54, 1.807) is 5.01 Å². The molecule has 1 N–H and O–H groups in total. The van der Waals surface area contributed by atoms with Crippen molar-refractivity contribution in [3.05, 3.63) is 12.2 Å². The van der Waals surface area contributed by atoms with E-state index in [9.17, 15) is 9.59 Å². The summed E-state index contributed by atoms with van der Waals surface area (Å²) in [5.41, 5.74) is 2.43. The number of amides is 3. The molecule has 1 spiro atoms. The number of hydrogen-bond acceptors (Lipinski definition) is 3. The third-order valence-corrected chi connectivity index (χ3v) is 4.76. The van der Waals surface area contributed by atoms with E-state index < -0.39 is 5.54 Å². The van der Waals surface area contributed by atoms with Crippen molar-refractivity contribution in [1.82, 2.24) is 15.3 Å². The lowest BCUT2D eigenvalue weighted by Gasteiger charge is -2.29. The first-order valence-corrected chi connectivity index (χ1v) is 6.86. The van der Waals surface area contributed by atoms with Gasteiger partial charge >= 0.3 is 6.03 Å². The lowest BCUT2D eigenvalue weighted by molar-refractivity contribution is -0.132. The molecule has 2 aliphatic carbocycles. The van der Waals surface area contributed by atoms with Gasteiger partial charge in [0.1, 0.15) is 0 Å². The van der Waals surface area contributed by atoms with E-state index >= 15 is 0 Å². The van der Waals surface area contributed by atoms with Crippen LogP contribution in [0.25, 0.3) is 0 Å². The van der Waals surface area contributed by atoms with Crippen molar-refractivity contribution < 1.29 is 9.59 Å². The molecule has 0 radical (unpaired) electrons. The van der Waals surface area contributed by atoms with Crippen molar-refractivity contribution in [3.8, 4) is 0 Å². The molecule has 4 aliphatic rings. The Bertz CT molecular complexity index is 455. The van der Waals surface area contributed by atoms with E-state index in [1.165, 1.54) is 11.3 Å². The molecule has 18 heavy (non-hydrogen) atoms. The quantitative estimate of drug-likeness (QED) is 0.559. The lowest BCUT2D eigenvalue weighted by Crippen LogP contribution is -2.48. The summed E-state index contributed by atoms with van der Waals surface area (Å²) in [6, 6.07) is 0.137. The molecular weight excluding hydrogens is 230 g/mol. The van der Waals surface area contributed by atoms with Gasteiger partial charge < -0.3 is 0 Å². The summed E-state index contributed by atoms with van der Waals surface area (Å²) in [7, 11) is 0. The zero-order valence-electron chi connectivity index (χ0n) is 10.3. The summed E-state index contributed by atoms with van der Waals surface area (Å²) in [6.07, 6.45) is 10.0. The van der Waals surface area contributed by atoms with Crippen molar-refractivity contribution >= 4 is 11.9 Å². The first-order valence-electron chi connectivity index (χ1n) is 6.86. The first-order chi connectivity index (χ1) is 8.72. The average Bonchev–Trinajstić information content (AvgIpc) is 3.03. The maximum absolute atomic E-state index is 12.6. The van der Waals surface area contributed by atoms with Crippen molar-refractivity contribution in [2.24, 2.45) is 0 Å². The highest BCUT2D eigenvalue weighted by Gasteiger charge is 2.64. The van der Waals surface area contributed by atoms with Gasteiger partial charge in [-0.05, 0) is 12.8 Å². The second-order valence-electron chi connectivity index (χ2n) is 5.81. The number of nitrogens with zero attached hydrogens (tertiary/aromatic N) is 2. The lowest BCUT2D eigenvalue weighted by atomic mass is 9.93. The Hall–Kier alpha value is -1.36. The Morgan fingerprint density at radius 1 is 1.22 bits per heavy atom. The molecule has 1 saturated carbocycles. The summed E-state index contributed by atoms with van der Waals surface area (Å²) in [5.74, 6) is -0.0110. The van der Waals surface area contributed by atoms with Crippen molar-refractivity contribution in [1.29, 1.82) is 0 Å². The number of fused-ring (bicyclic) bond motifs is 1. The van der Waals surface area contributed by atoms with Crippen LogP contribution in [0.15, 0.2) is 12.2 Å². The van der Waals surface area contributed by atoms with Crippen molar-refractivity contribution in [2.45, 2.75) is 56.1 Å². The fourth-order valence-electron chi connectivity index (χ4n) is 3.83. The second kappa shape index (κ2) is 3.35. The van der Waals surface area contributed by atoms with Crippen molar-refractivity contribution in [2.75, 3.05) is 0 Å². The Kier molecular flexibility index (Phi) is 1.96. The third kappa shape index (κ3) is 1.11. The zero-order chi connectivity index (χ0) is 12.3. The zero-order valence-corrected chi connectivity index (χ0v) is 10.3. The highest BCUT2D eigenvalue weighted by atomic mass is 16.2. The van der Waals surface area contributed by atoms with Gasteiger partial charge in [-0.15, -0.1) is 0 Å². The third-order valence-electron chi connectivity index (χ3n) is 4.76. The number of hydrazine groups is 1. The minimum absolute atomic E-state index is 0.0110.